The number of carbonyl (C=O) groups is 2. The molecule has 29 heavy (non-hydrogen) atoms. The number of sulfonamides is 1. The number of carbonyl (C=O) groups excluding carboxylic acids is 2. The number of quaternary nitrogens is 1. The van der Waals surface area contributed by atoms with Gasteiger partial charge < -0.3 is 15.0 Å². The lowest BCUT2D eigenvalue weighted by molar-refractivity contribution is -0.886. The molecular formula is C20H30N3O5S+. The standard InChI is InChI=1S/C20H29N3O5S/c1-28-20(25)17-6-2-3-7-18(17)29(26,27)23-13-8-16(9-14-23)19(24)21-10-15-22-11-4-5-12-22/h2-3,6-7,16H,4-5,8-15H2,1H3,(H,21,24)/p+1. The summed E-state index contributed by atoms with van der Waals surface area (Å²) in [7, 11) is -2.60. The molecular weight excluding hydrogens is 394 g/mol. The zero-order valence-electron chi connectivity index (χ0n) is 16.9. The Balaban J connectivity index is 1.55. The fourth-order valence-corrected chi connectivity index (χ4v) is 5.75. The summed E-state index contributed by atoms with van der Waals surface area (Å²) in [5, 5.41) is 3.01. The van der Waals surface area contributed by atoms with Gasteiger partial charge in [-0.3, -0.25) is 4.79 Å². The van der Waals surface area contributed by atoms with Crippen molar-refractivity contribution in [3.63, 3.8) is 0 Å². The lowest BCUT2D eigenvalue weighted by atomic mass is 9.97. The number of benzene rings is 1. The Labute approximate surface area is 172 Å². The Morgan fingerprint density at radius 3 is 2.48 bits per heavy atom. The summed E-state index contributed by atoms with van der Waals surface area (Å²) in [5.74, 6) is -0.847. The summed E-state index contributed by atoms with van der Waals surface area (Å²) in [6.07, 6.45) is 3.47. The molecule has 160 valence electrons. The average molecular weight is 425 g/mol. The fourth-order valence-electron chi connectivity index (χ4n) is 4.10. The van der Waals surface area contributed by atoms with Crippen LogP contribution in [0.3, 0.4) is 0 Å². The predicted octanol–water partition coefficient (Wildman–Crippen LogP) is -0.331. The molecule has 0 bridgehead atoms. The number of esters is 1. The van der Waals surface area contributed by atoms with Crippen molar-refractivity contribution in [2.45, 2.75) is 30.6 Å². The van der Waals surface area contributed by atoms with Crippen molar-refractivity contribution in [1.82, 2.24) is 9.62 Å². The van der Waals surface area contributed by atoms with Crippen LogP contribution in [-0.2, 0) is 19.6 Å². The summed E-state index contributed by atoms with van der Waals surface area (Å²) < 4.78 is 32.1. The van der Waals surface area contributed by atoms with Gasteiger partial charge in [-0.15, -0.1) is 0 Å². The van der Waals surface area contributed by atoms with Crippen LogP contribution in [0.25, 0.3) is 0 Å². The highest BCUT2D eigenvalue weighted by Gasteiger charge is 2.34. The number of amides is 1. The topological polar surface area (TPSA) is 97.2 Å². The van der Waals surface area contributed by atoms with Crippen LogP contribution >= 0.6 is 0 Å². The highest BCUT2D eigenvalue weighted by molar-refractivity contribution is 7.89. The highest BCUT2D eigenvalue weighted by atomic mass is 32.2. The van der Waals surface area contributed by atoms with Gasteiger partial charge in [0.25, 0.3) is 0 Å². The zero-order valence-corrected chi connectivity index (χ0v) is 17.7. The molecule has 1 aromatic carbocycles. The number of rotatable bonds is 7. The monoisotopic (exact) mass is 424 g/mol. The smallest absolute Gasteiger partial charge is 0.339 e. The molecule has 3 rings (SSSR count). The van der Waals surface area contributed by atoms with E-state index >= 15 is 0 Å². The molecule has 0 radical (unpaired) electrons. The number of ether oxygens (including phenoxy) is 1. The van der Waals surface area contributed by atoms with Gasteiger partial charge in [0.2, 0.25) is 15.9 Å². The third-order valence-corrected chi connectivity index (χ3v) is 7.78. The predicted molar refractivity (Wildman–Crippen MR) is 107 cm³/mol. The number of likely N-dealkylation sites (tertiary alicyclic amines) is 1. The largest absolute Gasteiger partial charge is 0.465 e. The molecule has 2 N–H and O–H groups in total. The summed E-state index contributed by atoms with van der Waals surface area (Å²) in [5.41, 5.74) is 0.0271. The fraction of sp³-hybridized carbons (Fsp3) is 0.600. The van der Waals surface area contributed by atoms with Gasteiger partial charge in [-0.2, -0.15) is 4.31 Å². The maximum Gasteiger partial charge on any atom is 0.339 e. The highest BCUT2D eigenvalue weighted by Crippen LogP contribution is 2.26. The first kappa shape index (κ1) is 21.7. The Kier molecular flexibility index (Phi) is 7.26. The number of nitrogens with one attached hydrogen (secondary N) is 2. The second-order valence-corrected chi connectivity index (χ2v) is 9.57. The number of hydrogen-bond donors (Lipinski definition) is 2. The van der Waals surface area contributed by atoms with Gasteiger partial charge in [-0.25, -0.2) is 13.2 Å². The van der Waals surface area contributed by atoms with Crippen molar-refractivity contribution in [2.24, 2.45) is 5.92 Å². The van der Waals surface area contributed by atoms with Crippen LogP contribution in [0.5, 0.6) is 0 Å². The van der Waals surface area contributed by atoms with E-state index in [4.69, 9.17) is 4.74 Å². The molecule has 8 nitrogen and oxygen atoms in total. The van der Waals surface area contributed by atoms with Crippen LogP contribution in [0.15, 0.2) is 29.2 Å². The molecule has 1 amide bonds. The number of methoxy groups -OCH3 is 1. The molecule has 0 atom stereocenters. The first-order valence-electron chi connectivity index (χ1n) is 10.2. The van der Waals surface area contributed by atoms with E-state index in [1.165, 1.54) is 54.4 Å². The SMILES string of the molecule is COC(=O)c1ccccc1S(=O)(=O)N1CCC(C(=O)NCC[NH+]2CCCC2)CC1. The average Bonchev–Trinajstić information content (AvgIpc) is 3.26. The zero-order chi connectivity index (χ0) is 20.9. The van der Waals surface area contributed by atoms with Gasteiger partial charge >= 0.3 is 5.97 Å². The minimum absolute atomic E-state index is 0.00982. The summed E-state index contributed by atoms with van der Waals surface area (Å²) >= 11 is 0. The third-order valence-electron chi connectivity index (χ3n) is 5.82. The Hall–Kier alpha value is -1.97. The van der Waals surface area contributed by atoms with Crippen molar-refractivity contribution in [1.29, 1.82) is 0 Å². The van der Waals surface area contributed by atoms with Crippen LogP contribution in [0.2, 0.25) is 0 Å². The van der Waals surface area contributed by atoms with Crippen molar-refractivity contribution in [2.75, 3.05) is 46.4 Å². The normalized spacial score (nSPS) is 19.2. The minimum Gasteiger partial charge on any atom is -0.465 e. The maximum atomic E-state index is 13.0. The minimum atomic E-state index is -3.83. The van der Waals surface area contributed by atoms with E-state index in [9.17, 15) is 18.0 Å². The molecule has 2 fully saturated rings. The third kappa shape index (κ3) is 5.15. The summed E-state index contributed by atoms with van der Waals surface area (Å²) in [6, 6.07) is 6.05. The molecule has 0 spiro atoms. The van der Waals surface area contributed by atoms with Crippen molar-refractivity contribution >= 4 is 21.9 Å². The molecule has 2 heterocycles. The second-order valence-electron chi connectivity index (χ2n) is 7.66. The van der Waals surface area contributed by atoms with E-state index in [0.717, 1.165) is 6.54 Å². The Bertz CT molecular complexity index is 828. The van der Waals surface area contributed by atoms with E-state index in [2.05, 4.69) is 5.32 Å². The number of hydrogen-bond acceptors (Lipinski definition) is 5. The van der Waals surface area contributed by atoms with Gasteiger partial charge in [0.15, 0.2) is 0 Å². The van der Waals surface area contributed by atoms with Crippen molar-refractivity contribution in [3.05, 3.63) is 29.8 Å². The number of piperidine rings is 1. The van der Waals surface area contributed by atoms with E-state index in [-0.39, 0.29) is 35.4 Å². The molecule has 0 unspecified atom stereocenters. The van der Waals surface area contributed by atoms with Crippen LogP contribution in [0, 0.1) is 5.92 Å². The van der Waals surface area contributed by atoms with E-state index in [1.54, 1.807) is 12.1 Å². The molecule has 2 aliphatic heterocycles. The van der Waals surface area contributed by atoms with Gasteiger partial charge in [0.1, 0.15) is 0 Å². The van der Waals surface area contributed by atoms with Gasteiger partial charge in [-0.1, -0.05) is 12.1 Å². The van der Waals surface area contributed by atoms with Crippen LogP contribution in [0.1, 0.15) is 36.0 Å². The van der Waals surface area contributed by atoms with Crippen molar-refractivity contribution < 1.29 is 27.6 Å². The molecule has 0 aliphatic carbocycles. The van der Waals surface area contributed by atoms with E-state index in [0.29, 0.717) is 19.4 Å². The molecule has 2 saturated heterocycles. The van der Waals surface area contributed by atoms with E-state index in [1.807, 2.05) is 0 Å². The van der Waals surface area contributed by atoms with Gasteiger partial charge in [0.05, 0.1) is 43.7 Å². The van der Waals surface area contributed by atoms with E-state index < -0.39 is 16.0 Å². The summed E-state index contributed by atoms with van der Waals surface area (Å²) in [6.45, 7) is 4.49. The van der Waals surface area contributed by atoms with Crippen LogP contribution in [-0.4, -0.2) is 71.0 Å². The Morgan fingerprint density at radius 1 is 1.17 bits per heavy atom. The molecule has 9 heteroatoms. The maximum absolute atomic E-state index is 13.0. The first-order chi connectivity index (χ1) is 13.9. The lowest BCUT2D eigenvalue weighted by Gasteiger charge is -2.31. The lowest BCUT2D eigenvalue weighted by Crippen LogP contribution is -3.10. The molecule has 2 aliphatic rings. The summed E-state index contributed by atoms with van der Waals surface area (Å²) in [4.78, 5) is 25.9. The van der Waals surface area contributed by atoms with Crippen molar-refractivity contribution in [3.8, 4) is 0 Å². The first-order valence-corrected chi connectivity index (χ1v) is 11.7. The number of nitrogens with zero attached hydrogens (tertiary/aromatic N) is 1. The van der Waals surface area contributed by atoms with Gasteiger partial charge in [0, 0.05) is 31.8 Å². The van der Waals surface area contributed by atoms with Crippen LogP contribution < -0.4 is 10.2 Å². The Morgan fingerprint density at radius 2 is 1.83 bits per heavy atom. The van der Waals surface area contributed by atoms with Crippen LogP contribution in [0.4, 0.5) is 0 Å². The molecule has 0 aromatic heterocycles. The molecule has 1 aromatic rings. The second kappa shape index (κ2) is 9.69. The quantitative estimate of drug-likeness (QED) is 0.584. The van der Waals surface area contributed by atoms with Gasteiger partial charge in [-0.05, 0) is 25.0 Å². The molecule has 0 saturated carbocycles.